The second kappa shape index (κ2) is 9.12. The predicted molar refractivity (Wildman–Crippen MR) is 102 cm³/mol. The lowest BCUT2D eigenvalue weighted by Gasteiger charge is -2.34. The molecular formula is C19H26N6O. The van der Waals surface area contributed by atoms with Crippen molar-refractivity contribution < 1.29 is 4.79 Å². The Balaban J connectivity index is 1.55. The number of nitrogens with zero attached hydrogens (tertiary/aromatic N) is 5. The number of unbranched alkanes of at least 4 members (excludes halogenated alkanes) is 2. The van der Waals surface area contributed by atoms with Crippen LogP contribution >= 0.6 is 0 Å². The number of piperazine rings is 1. The number of hydrogen-bond donors (Lipinski definition) is 1. The molecule has 1 amide bonds. The number of amides is 1. The van der Waals surface area contributed by atoms with Gasteiger partial charge < -0.3 is 15.1 Å². The molecule has 138 valence electrons. The van der Waals surface area contributed by atoms with Crippen LogP contribution in [0.5, 0.6) is 0 Å². The third-order valence-electron chi connectivity index (χ3n) is 4.49. The van der Waals surface area contributed by atoms with E-state index < -0.39 is 0 Å². The Hall–Kier alpha value is -2.70. The van der Waals surface area contributed by atoms with Gasteiger partial charge in [0.1, 0.15) is 5.69 Å². The molecule has 0 radical (unpaired) electrons. The Morgan fingerprint density at radius 3 is 2.58 bits per heavy atom. The summed E-state index contributed by atoms with van der Waals surface area (Å²) in [7, 11) is 0. The summed E-state index contributed by atoms with van der Waals surface area (Å²) >= 11 is 0. The molecule has 1 aliphatic rings. The van der Waals surface area contributed by atoms with Gasteiger partial charge in [-0.25, -0.2) is 9.97 Å². The zero-order valence-electron chi connectivity index (χ0n) is 15.3. The van der Waals surface area contributed by atoms with E-state index in [-0.39, 0.29) is 5.91 Å². The van der Waals surface area contributed by atoms with Crippen LogP contribution in [0.4, 0.5) is 11.6 Å². The molecule has 3 rings (SSSR count). The molecule has 1 N–H and O–H groups in total. The Kier molecular flexibility index (Phi) is 6.35. The van der Waals surface area contributed by atoms with Gasteiger partial charge in [0.15, 0.2) is 0 Å². The van der Waals surface area contributed by atoms with Gasteiger partial charge in [0.25, 0.3) is 5.91 Å². The predicted octanol–water partition coefficient (Wildman–Crippen LogP) is 2.44. The summed E-state index contributed by atoms with van der Waals surface area (Å²) in [5.74, 6) is 0.701. The van der Waals surface area contributed by atoms with Gasteiger partial charge in [0.2, 0.25) is 5.95 Å². The molecule has 1 saturated heterocycles. The summed E-state index contributed by atoms with van der Waals surface area (Å²) in [6.45, 7) is 5.85. The van der Waals surface area contributed by atoms with Crippen LogP contribution in [0.15, 0.2) is 36.8 Å². The van der Waals surface area contributed by atoms with Gasteiger partial charge in [-0.2, -0.15) is 0 Å². The smallest absolute Gasteiger partial charge is 0.272 e. The molecule has 3 heterocycles. The van der Waals surface area contributed by atoms with Gasteiger partial charge in [0.05, 0.1) is 0 Å². The normalized spacial score (nSPS) is 14.3. The molecule has 7 heteroatoms. The van der Waals surface area contributed by atoms with Crippen molar-refractivity contribution in [1.29, 1.82) is 0 Å². The van der Waals surface area contributed by atoms with E-state index in [0.29, 0.717) is 18.8 Å². The average Bonchev–Trinajstić information content (AvgIpc) is 2.72. The molecule has 0 saturated carbocycles. The topological polar surface area (TPSA) is 74.2 Å². The molecule has 26 heavy (non-hydrogen) atoms. The highest BCUT2D eigenvalue weighted by molar-refractivity contribution is 5.93. The van der Waals surface area contributed by atoms with E-state index in [4.69, 9.17) is 0 Å². The van der Waals surface area contributed by atoms with Gasteiger partial charge in [-0.15, -0.1) is 0 Å². The van der Waals surface area contributed by atoms with E-state index in [2.05, 4.69) is 32.1 Å². The van der Waals surface area contributed by atoms with E-state index in [1.165, 1.54) is 12.8 Å². The lowest BCUT2D eigenvalue weighted by molar-refractivity contribution is 0.0740. The fraction of sp³-hybridized carbons (Fsp3) is 0.474. The third kappa shape index (κ3) is 4.68. The lowest BCUT2D eigenvalue weighted by Crippen LogP contribution is -2.49. The fourth-order valence-corrected chi connectivity index (χ4v) is 2.99. The molecule has 0 atom stereocenters. The summed E-state index contributed by atoms with van der Waals surface area (Å²) in [5.41, 5.74) is 1.45. The van der Waals surface area contributed by atoms with Crippen molar-refractivity contribution in [2.24, 2.45) is 0 Å². The number of nitrogens with one attached hydrogen (secondary N) is 1. The number of aromatic nitrogens is 3. The Morgan fingerprint density at radius 1 is 1.08 bits per heavy atom. The van der Waals surface area contributed by atoms with Crippen LogP contribution in [-0.4, -0.2) is 58.5 Å². The average molecular weight is 354 g/mol. The van der Waals surface area contributed by atoms with Gasteiger partial charge in [-0.05, 0) is 24.6 Å². The number of carbonyl (C=O) groups is 1. The van der Waals surface area contributed by atoms with Crippen LogP contribution in [0.2, 0.25) is 0 Å². The number of anilines is 2. The molecule has 0 aliphatic carbocycles. The molecule has 2 aromatic rings. The Labute approximate surface area is 154 Å². The minimum Gasteiger partial charge on any atom is -0.385 e. The number of carbonyl (C=O) groups excluding carboxylic acids is 1. The maximum Gasteiger partial charge on any atom is 0.272 e. The van der Waals surface area contributed by atoms with Crippen molar-refractivity contribution in [1.82, 2.24) is 19.9 Å². The summed E-state index contributed by atoms with van der Waals surface area (Å²) in [6, 6.07) is 5.56. The quantitative estimate of drug-likeness (QED) is 0.770. The highest BCUT2D eigenvalue weighted by Crippen LogP contribution is 2.14. The molecule has 0 unspecified atom stereocenters. The maximum absolute atomic E-state index is 12.8. The Bertz CT molecular complexity index is 700. The number of rotatable bonds is 7. The van der Waals surface area contributed by atoms with Gasteiger partial charge in [-0.1, -0.05) is 19.8 Å². The van der Waals surface area contributed by atoms with Crippen molar-refractivity contribution in [2.45, 2.75) is 26.2 Å². The molecular weight excluding hydrogens is 328 g/mol. The summed E-state index contributed by atoms with van der Waals surface area (Å²) in [5, 5.41) is 3.37. The van der Waals surface area contributed by atoms with Crippen molar-refractivity contribution in [3.63, 3.8) is 0 Å². The first-order chi connectivity index (χ1) is 12.8. The highest BCUT2D eigenvalue weighted by atomic mass is 16.2. The lowest BCUT2D eigenvalue weighted by atomic mass is 10.2. The van der Waals surface area contributed by atoms with Crippen LogP contribution in [-0.2, 0) is 0 Å². The molecule has 0 bridgehead atoms. The van der Waals surface area contributed by atoms with Crippen LogP contribution in [0.25, 0.3) is 0 Å². The zero-order valence-corrected chi connectivity index (χ0v) is 15.3. The van der Waals surface area contributed by atoms with Crippen molar-refractivity contribution >= 4 is 17.5 Å². The molecule has 1 aliphatic heterocycles. The van der Waals surface area contributed by atoms with Gasteiger partial charge in [-0.3, -0.25) is 9.78 Å². The standard InChI is InChI=1S/C19H26N6O/c1-2-3-4-7-20-16-6-10-21-17(15-16)18(26)24-11-13-25(14-12-24)19-22-8-5-9-23-19/h5-6,8-10,15H,2-4,7,11-14H2,1H3,(H,20,21). The van der Waals surface area contributed by atoms with Crippen LogP contribution < -0.4 is 10.2 Å². The van der Waals surface area contributed by atoms with Crippen molar-refractivity contribution in [3.05, 3.63) is 42.5 Å². The van der Waals surface area contributed by atoms with E-state index in [9.17, 15) is 4.79 Å². The first-order valence-electron chi connectivity index (χ1n) is 9.29. The largest absolute Gasteiger partial charge is 0.385 e. The number of pyridine rings is 1. The first kappa shape index (κ1) is 18.1. The minimum absolute atomic E-state index is 0.0177. The van der Waals surface area contributed by atoms with Crippen LogP contribution in [0.3, 0.4) is 0 Å². The second-order valence-corrected chi connectivity index (χ2v) is 6.39. The highest BCUT2D eigenvalue weighted by Gasteiger charge is 2.24. The summed E-state index contributed by atoms with van der Waals surface area (Å²) in [6.07, 6.45) is 8.71. The van der Waals surface area contributed by atoms with Crippen molar-refractivity contribution in [3.8, 4) is 0 Å². The first-order valence-corrected chi connectivity index (χ1v) is 9.29. The SMILES string of the molecule is CCCCCNc1ccnc(C(=O)N2CCN(c3ncccn3)CC2)c1. The van der Waals surface area contributed by atoms with E-state index in [0.717, 1.165) is 37.7 Å². The Morgan fingerprint density at radius 2 is 1.85 bits per heavy atom. The summed E-state index contributed by atoms with van der Waals surface area (Å²) < 4.78 is 0. The molecule has 0 spiro atoms. The molecule has 0 aromatic carbocycles. The minimum atomic E-state index is -0.0177. The van der Waals surface area contributed by atoms with Gasteiger partial charge >= 0.3 is 0 Å². The number of hydrogen-bond acceptors (Lipinski definition) is 6. The fourth-order valence-electron chi connectivity index (χ4n) is 2.99. The van der Waals surface area contributed by atoms with E-state index in [1.807, 2.05) is 17.0 Å². The molecule has 2 aromatic heterocycles. The maximum atomic E-state index is 12.8. The van der Waals surface area contributed by atoms with Gasteiger partial charge in [0, 0.05) is 57.0 Å². The van der Waals surface area contributed by atoms with Crippen LogP contribution in [0, 0.1) is 0 Å². The summed E-state index contributed by atoms with van der Waals surface area (Å²) in [4.78, 5) is 29.5. The zero-order chi connectivity index (χ0) is 18.2. The second-order valence-electron chi connectivity index (χ2n) is 6.39. The molecule has 7 nitrogen and oxygen atoms in total. The monoisotopic (exact) mass is 354 g/mol. The van der Waals surface area contributed by atoms with E-state index in [1.54, 1.807) is 24.7 Å². The van der Waals surface area contributed by atoms with Crippen LogP contribution in [0.1, 0.15) is 36.7 Å². The molecule has 1 fully saturated rings. The third-order valence-corrected chi connectivity index (χ3v) is 4.49. The van der Waals surface area contributed by atoms with Crippen molar-refractivity contribution in [2.75, 3.05) is 42.9 Å². The van der Waals surface area contributed by atoms with E-state index >= 15 is 0 Å².